The van der Waals surface area contributed by atoms with Crippen LogP contribution >= 0.6 is 27.5 Å². The second-order valence-electron chi connectivity index (χ2n) is 1.62. The van der Waals surface area contributed by atoms with Gasteiger partial charge in [0.15, 0.2) is 0 Å². The Morgan fingerprint density at radius 1 is 1.44 bits per heavy atom. The van der Waals surface area contributed by atoms with Gasteiger partial charge in [-0.15, -0.1) is 0 Å². The predicted molar refractivity (Wildman–Crippen MR) is 41.9 cm³/mol. The standard InChI is InChI=1S/C6H4BrClN/c7-4-1-2-6(9)5(8)3-4/h1-3,9H. The fourth-order valence-corrected chi connectivity index (χ4v) is 1.16. The van der Waals surface area contributed by atoms with Crippen LogP contribution in [0.5, 0.6) is 0 Å². The Hall–Kier alpha value is -0.210. The van der Waals surface area contributed by atoms with Crippen molar-refractivity contribution < 1.29 is 0 Å². The van der Waals surface area contributed by atoms with E-state index in [-0.39, 0.29) is 0 Å². The molecule has 0 amide bonds. The molecule has 0 saturated carbocycles. The number of nitrogens with one attached hydrogen (secondary N) is 1. The molecule has 0 aliphatic carbocycles. The molecule has 1 N–H and O–H groups in total. The van der Waals surface area contributed by atoms with Gasteiger partial charge in [0, 0.05) is 4.47 Å². The Balaban J connectivity index is 3.17. The number of benzene rings is 1. The van der Waals surface area contributed by atoms with E-state index in [4.69, 9.17) is 17.3 Å². The summed E-state index contributed by atoms with van der Waals surface area (Å²) in [6.07, 6.45) is 0. The van der Waals surface area contributed by atoms with Crippen molar-refractivity contribution in [3.8, 4) is 0 Å². The molecule has 0 bridgehead atoms. The summed E-state index contributed by atoms with van der Waals surface area (Å²) in [5.74, 6) is 0. The van der Waals surface area contributed by atoms with Crippen molar-refractivity contribution >= 4 is 33.2 Å². The molecule has 3 heteroatoms. The lowest BCUT2D eigenvalue weighted by Crippen LogP contribution is -1.70. The zero-order valence-electron chi connectivity index (χ0n) is 4.49. The third-order valence-corrected chi connectivity index (χ3v) is 1.74. The average molecular weight is 205 g/mol. The lowest BCUT2D eigenvalue weighted by Gasteiger charge is -1.93. The number of rotatable bonds is 0. The maximum atomic E-state index is 7.16. The van der Waals surface area contributed by atoms with Crippen LogP contribution in [0.4, 0.5) is 5.69 Å². The molecular formula is C6H4BrClN. The quantitative estimate of drug-likeness (QED) is 0.622. The second-order valence-corrected chi connectivity index (χ2v) is 2.95. The van der Waals surface area contributed by atoms with Crippen molar-refractivity contribution in [3.63, 3.8) is 0 Å². The number of hydrogen-bond acceptors (Lipinski definition) is 0. The highest BCUT2D eigenvalue weighted by Gasteiger charge is 1.94. The minimum Gasteiger partial charge on any atom is -0.299 e. The van der Waals surface area contributed by atoms with Gasteiger partial charge in [0.1, 0.15) is 0 Å². The topological polar surface area (TPSA) is 23.8 Å². The third-order valence-electron chi connectivity index (χ3n) is 0.931. The summed E-state index contributed by atoms with van der Waals surface area (Å²) in [6, 6.07) is 5.13. The van der Waals surface area contributed by atoms with Crippen LogP contribution in [0.1, 0.15) is 0 Å². The van der Waals surface area contributed by atoms with Gasteiger partial charge in [0.2, 0.25) is 0 Å². The molecule has 47 valence electrons. The molecule has 0 aliphatic rings. The lowest BCUT2D eigenvalue weighted by molar-refractivity contribution is 1.47. The summed E-state index contributed by atoms with van der Waals surface area (Å²) in [5.41, 5.74) is 7.52. The lowest BCUT2D eigenvalue weighted by atomic mass is 10.3. The van der Waals surface area contributed by atoms with Gasteiger partial charge in [-0.25, -0.2) is 0 Å². The molecule has 0 spiro atoms. The summed E-state index contributed by atoms with van der Waals surface area (Å²) in [6.45, 7) is 0. The Morgan fingerprint density at radius 3 is 2.56 bits per heavy atom. The predicted octanol–water partition coefficient (Wildman–Crippen LogP) is 3.02. The van der Waals surface area contributed by atoms with Crippen molar-refractivity contribution in [2.75, 3.05) is 0 Å². The molecule has 9 heavy (non-hydrogen) atoms. The first-order valence-corrected chi connectivity index (χ1v) is 3.54. The zero-order valence-corrected chi connectivity index (χ0v) is 6.83. The smallest absolute Gasteiger partial charge is 0.0726 e. The van der Waals surface area contributed by atoms with Crippen LogP contribution in [0.25, 0.3) is 0 Å². The molecule has 0 aliphatic heterocycles. The highest BCUT2D eigenvalue weighted by atomic mass is 79.9. The highest BCUT2D eigenvalue weighted by Crippen LogP contribution is 2.23. The summed E-state index contributed by atoms with van der Waals surface area (Å²) in [7, 11) is 0. The largest absolute Gasteiger partial charge is 0.299 e. The van der Waals surface area contributed by atoms with Gasteiger partial charge < -0.3 is 0 Å². The second kappa shape index (κ2) is 2.58. The first-order valence-electron chi connectivity index (χ1n) is 2.37. The Kier molecular flexibility index (Phi) is 1.98. The molecule has 0 fully saturated rings. The van der Waals surface area contributed by atoms with Crippen LogP contribution in [0.15, 0.2) is 22.7 Å². The van der Waals surface area contributed by atoms with Crippen molar-refractivity contribution in [2.45, 2.75) is 0 Å². The Morgan fingerprint density at radius 2 is 2.11 bits per heavy atom. The van der Waals surface area contributed by atoms with E-state index in [9.17, 15) is 0 Å². The van der Waals surface area contributed by atoms with E-state index in [2.05, 4.69) is 15.9 Å². The van der Waals surface area contributed by atoms with Gasteiger partial charge in [0.05, 0.1) is 10.7 Å². The third kappa shape index (κ3) is 1.60. The van der Waals surface area contributed by atoms with Gasteiger partial charge in [0.25, 0.3) is 0 Å². The van der Waals surface area contributed by atoms with Crippen molar-refractivity contribution in [3.05, 3.63) is 27.7 Å². The Labute approximate surface area is 66.9 Å². The van der Waals surface area contributed by atoms with Gasteiger partial charge in [-0.05, 0) is 18.2 Å². The molecule has 0 atom stereocenters. The first kappa shape index (κ1) is 6.90. The van der Waals surface area contributed by atoms with E-state index in [0.29, 0.717) is 10.7 Å². The van der Waals surface area contributed by atoms with E-state index in [1.165, 1.54) is 0 Å². The fourth-order valence-electron chi connectivity index (χ4n) is 0.489. The molecule has 1 aromatic carbocycles. The molecule has 0 aromatic heterocycles. The molecule has 1 aromatic rings. The molecule has 1 radical (unpaired) electrons. The van der Waals surface area contributed by atoms with Crippen LogP contribution in [-0.2, 0) is 0 Å². The SMILES string of the molecule is [NH]c1ccc(Br)cc1Cl. The van der Waals surface area contributed by atoms with Gasteiger partial charge in [-0.1, -0.05) is 27.5 Å². The van der Waals surface area contributed by atoms with Crippen LogP contribution in [-0.4, -0.2) is 0 Å². The average Bonchev–Trinajstić information content (AvgIpc) is 1.80. The van der Waals surface area contributed by atoms with Crippen molar-refractivity contribution in [1.29, 1.82) is 0 Å². The Bertz CT molecular complexity index is 224. The maximum absolute atomic E-state index is 7.16. The van der Waals surface area contributed by atoms with Crippen LogP contribution in [0.3, 0.4) is 0 Å². The molecule has 1 rings (SSSR count). The van der Waals surface area contributed by atoms with Crippen molar-refractivity contribution in [1.82, 2.24) is 5.73 Å². The zero-order chi connectivity index (χ0) is 6.85. The van der Waals surface area contributed by atoms with E-state index in [1.54, 1.807) is 18.2 Å². The number of hydrogen-bond donors (Lipinski definition) is 0. The molecular weight excluding hydrogens is 201 g/mol. The van der Waals surface area contributed by atoms with E-state index in [1.807, 2.05) is 0 Å². The molecule has 0 heterocycles. The van der Waals surface area contributed by atoms with Crippen LogP contribution in [0, 0.1) is 0 Å². The monoisotopic (exact) mass is 204 g/mol. The van der Waals surface area contributed by atoms with Gasteiger partial charge >= 0.3 is 0 Å². The number of halogens is 2. The maximum Gasteiger partial charge on any atom is 0.0726 e. The summed E-state index contributed by atoms with van der Waals surface area (Å²) < 4.78 is 0.906. The molecule has 0 unspecified atom stereocenters. The van der Waals surface area contributed by atoms with Gasteiger partial charge in [-0.3, -0.25) is 5.73 Å². The summed E-state index contributed by atoms with van der Waals surface area (Å²) in [4.78, 5) is 0. The highest BCUT2D eigenvalue weighted by molar-refractivity contribution is 9.10. The minimum atomic E-state index is 0.361. The molecule has 1 nitrogen and oxygen atoms in total. The van der Waals surface area contributed by atoms with Crippen LogP contribution in [0.2, 0.25) is 5.02 Å². The summed E-state index contributed by atoms with van der Waals surface area (Å²) in [5, 5.41) is 0.476. The van der Waals surface area contributed by atoms with Gasteiger partial charge in [-0.2, -0.15) is 0 Å². The minimum absolute atomic E-state index is 0.361. The normalized spacial score (nSPS) is 9.56. The van der Waals surface area contributed by atoms with E-state index >= 15 is 0 Å². The molecule has 0 saturated heterocycles. The fraction of sp³-hybridized carbons (Fsp3) is 0. The van der Waals surface area contributed by atoms with E-state index in [0.717, 1.165) is 4.47 Å². The van der Waals surface area contributed by atoms with Crippen molar-refractivity contribution in [2.24, 2.45) is 0 Å². The summed E-state index contributed by atoms with van der Waals surface area (Å²) >= 11 is 8.82. The first-order chi connectivity index (χ1) is 4.20. The van der Waals surface area contributed by atoms with Crippen LogP contribution < -0.4 is 5.73 Å². The van der Waals surface area contributed by atoms with E-state index < -0.39 is 0 Å².